The van der Waals surface area contributed by atoms with E-state index in [1.165, 1.54) is 6.42 Å². The van der Waals surface area contributed by atoms with E-state index in [0.29, 0.717) is 12.6 Å². The Morgan fingerprint density at radius 3 is 2.26 bits per heavy atom. The Kier molecular flexibility index (Phi) is 6.63. The van der Waals surface area contributed by atoms with Crippen LogP contribution in [0.1, 0.15) is 59.8 Å². The summed E-state index contributed by atoms with van der Waals surface area (Å²) in [7, 11) is 0. The van der Waals surface area contributed by atoms with Gasteiger partial charge in [-0.05, 0) is 32.1 Å². The van der Waals surface area contributed by atoms with E-state index in [-0.39, 0.29) is 0 Å². The molecule has 0 saturated heterocycles. The van der Waals surface area contributed by atoms with E-state index in [9.17, 15) is 5.11 Å². The van der Waals surface area contributed by atoms with Crippen molar-refractivity contribution in [2.75, 3.05) is 13.1 Å². The molecule has 1 fully saturated rings. The summed E-state index contributed by atoms with van der Waals surface area (Å²) in [6.07, 6.45) is 4.86. The zero-order valence-electron chi connectivity index (χ0n) is 13.0. The number of nitrogens with zero attached hydrogens (tertiary/aromatic N) is 1. The number of rotatable bonds is 8. The van der Waals surface area contributed by atoms with Crippen molar-refractivity contribution >= 4 is 5.96 Å². The average Bonchev–Trinajstić information content (AvgIpc) is 3.03. The van der Waals surface area contributed by atoms with E-state index in [4.69, 9.17) is 0 Å². The molecule has 1 aliphatic carbocycles. The first-order chi connectivity index (χ1) is 9.04. The third kappa shape index (κ3) is 5.81. The standard InChI is InChI=1S/C15H31N3O/c1-5-8-15(19,9-6-2)11-17-14(16-7-3)18-13-10-12(13)4/h12-13,19H,5-11H2,1-4H3,(H2,16,17,18). The smallest absolute Gasteiger partial charge is 0.191 e. The van der Waals surface area contributed by atoms with Crippen LogP contribution < -0.4 is 10.6 Å². The first kappa shape index (κ1) is 16.3. The molecule has 0 aromatic heterocycles. The van der Waals surface area contributed by atoms with Crippen molar-refractivity contribution in [2.45, 2.75) is 71.4 Å². The van der Waals surface area contributed by atoms with Crippen molar-refractivity contribution in [3.8, 4) is 0 Å². The molecule has 3 N–H and O–H groups in total. The van der Waals surface area contributed by atoms with E-state index in [1.807, 2.05) is 0 Å². The Morgan fingerprint density at radius 1 is 1.26 bits per heavy atom. The van der Waals surface area contributed by atoms with Crippen LogP contribution in [-0.4, -0.2) is 35.8 Å². The highest BCUT2D eigenvalue weighted by molar-refractivity contribution is 5.80. The molecule has 1 saturated carbocycles. The van der Waals surface area contributed by atoms with Crippen molar-refractivity contribution in [3.63, 3.8) is 0 Å². The van der Waals surface area contributed by atoms with Crippen LogP contribution >= 0.6 is 0 Å². The lowest BCUT2D eigenvalue weighted by molar-refractivity contribution is 0.0306. The molecule has 0 amide bonds. The van der Waals surface area contributed by atoms with E-state index >= 15 is 0 Å². The van der Waals surface area contributed by atoms with E-state index < -0.39 is 5.60 Å². The Bertz CT molecular complexity index is 285. The predicted octanol–water partition coefficient (Wildman–Crippen LogP) is 2.28. The third-order valence-corrected chi connectivity index (χ3v) is 3.74. The van der Waals surface area contributed by atoms with E-state index in [2.05, 4.69) is 43.3 Å². The average molecular weight is 269 g/mol. The van der Waals surface area contributed by atoms with Gasteiger partial charge in [-0.2, -0.15) is 0 Å². The number of nitrogens with one attached hydrogen (secondary N) is 2. The number of hydrogen-bond donors (Lipinski definition) is 3. The maximum absolute atomic E-state index is 10.6. The summed E-state index contributed by atoms with van der Waals surface area (Å²) < 4.78 is 0. The zero-order chi connectivity index (χ0) is 14.3. The molecular weight excluding hydrogens is 238 g/mol. The van der Waals surface area contributed by atoms with Crippen molar-refractivity contribution in [1.82, 2.24) is 10.6 Å². The summed E-state index contributed by atoms with van der Waals surface area (Å²) >= 11 is 0. The van der Waals surface area contributed by atoms with Crippen LogP contribution in [-0.2, 0) is 0 Å². The minimum absolute atomic E-state index is 0.491. The highest BCUT2D eigenvalue weighted by Gasteiger charge is 2.33. The Hall–Kier alpha value is -0.770. The molecule has 0 aromatic rings. The molecule has 1 aliphatic rings. The van der Waals surface area contributed by atoms with Crippen LogP contribution in [0.5, 0.6) is 0 Å². The zero-order valence-corrected chi connectivity index (χ0v) is 13.0. The molecule has 2 unspecified atom stereocenters. The van der Waals surface area contributed by atoms with Crippen LogP contribution in [0.15, 0.2) is 4.99 Å². The van der Waals surface area contributed by atoms with Gasteiger partial charge in [0.15, 0.2) is 5.96 Å². The minimum Gasteiger partial charge on any atom is -0.388 e. The molecule has 0 aliphatic heterocycles. The van der Waals surface area contributed by atoms with Gasteiger partial charge in [0.2, 0.25) is 0 Å². The second-order valence-electron chi connectivity index (χ2n) is 5.88. The molecule has 0 heterocycles. The summed E-state index contributed by atoms with van der Waals surface area (Å²) in [6, 6.07) is 0.559. The molecule has 0 radical (unpaired) electrons. The second kappa shape index (κ2) is 7.73. The van der Waals surface area contributed by atoms with Crippen molar-refractivity contribution in [2.24, 2.45) is 10.9 Å². The fourth-order valence-corrected chi connectivity index (χ4v) is 2.46. The molecule has 4 nitrogen and oxygen atoms in total. The molecule has 0 spiro atoms. The predicted molar refractivity (Wildman–Crippen MR) is 81.4 cm³/mol. The van der Waals surface area contributed by atoms with Gasteiger partial charge in [0.05, 0.1) is 12.1 Å². The monoisotopic (exact) mass is 269 g/mol. The lowest BCUT2D eigenvalue weighted by Gasteiger charge is -2.26. The molecular formula is C15H31N3O. The van der Waals surface area contributed by atoms with Gasteiger partial charge in [-0.1, -0.05) is 33.6 Å². The summed E-state index contributed by atoms with van der Waals surface area (Å²) in [5, 5.41) is 17.3. The molecule has 112 valence electrons. The fraction of sp³-hybridized carbons (Fsp3) is 0.933. The van der Waals surface area contributed by atoms with Crippen LogP contribution in [0.4, 0.5) is 0 Å². The van der Waals surface area contributed by atoms with Crippen molar-refractivity contribution in [3.05, 3.63) is 0 Å². The molecule has 1 rings (SSSR count). The normalized spacial score (nSPS) is 23.3. The van der Waals surface area contributed by atoms with Crippen LogP contribution in [0.25, 0.3) is 0 Å². The molecule has 4 heteroatoms. The molecule has 2 atom stereocenters. The van der Waals surface area contributed by atoms with Gasteiger partial charge in [-0.25, -0.2) is 0 Å². The van der Waals surface area contributed by atoms with Gasteiger partial charge in [-0.15, -0.1) is 0 Å². The number of guanidine groups is 1. The topological polar surface area (TPSA) is 56.7 Å². The Morgan fingerprint density at radius 2 is 1.84 bits per heavy atom. The van der Waals surface area contributed by atoms with Gasteiger partial charge in [0, 0.05) is 12.6 Å². The Balaban J connectivity index is 2.55. The quantitative estimate of drug-likeness (QED) is 0.468. The minimum atomic E-state index is -0.638. The molecule has 19 heavy (non-hydrogen) atoms. The van der Waals surface area contributed by atoms with Crippen LogP contribution in [0.3, 0.4) is 0 Å². The van der Waals surface area contributed by atoms with Crippen LogP contribution in [0.2, 0.25) is 0 Å². The number of aliphatic imine (C=N–C) groups is 1. The highest BCUT2D eigenvalue weighted by Crippen LogP contribution is 2.28. The Labute approximate surface area is 118 Å². The van der Waals surface area contributed by atoms with Gasteiger partial charge in [0.1, 0.15) is 0 Å². The first-order valence-electron chi connectivity index (χ1n) is 7.81. The molecule has 0 bridgehead atoms. The van der Waals surface area contributed by atoms with Crippen molar-refractivity contribution < 1.29 is 5.11 Å². The van der Waals surface area contributed by atoms with Gasteiger partial charge < -0.3 is 15.7 Å². The largest absolute Gasteiger partial charge is 0.388 e. The molecule has 0 aromatic carbocycles. The van der Waals surface area contributed by atoms with Gasteiger partial charge in [-0.3, -0.25) is 4.99 Å². The maximum Gasteiger partial charge on any atom is 0.191 e. The van der Waals surface area contributed by atoms with Crippen LogP contribution in [0, 0.1) is 5.92 Å². The summed E-state index contributed by atoms with van der Waals surface area (Å²) in [5.41, 5.74) is -0.638. The fourth-order valence-electron chi connectivity index (χ4n) is 2.46. The van der Waals surface area contributed by atoms with Crippen molar-refractivity contribution in [1.29, 1.82) is 0 Å². The summed E-state index contributed by atoms with van der Waals surface area (Å²) in [5.74, 6) is 1.59. The summed E-state index contributed by atoms with van der Waals surface area (Å²) in [6.45, 7) is 9.88. The maximum atomic E-state index is 10.6. The third-order valence-electron chi connectivity index (χ3n) is 3.74. The van der Waals surface area contributed by atoms with Gasteiger partial charge in [0.25, 0.3) is 0 Å². The lowest BCUT2D eigenvalue weighted by Crippen LogP contribution is -2.41. The van der Waals surface area contributed by atoms with Gasteiger partial charge >= 0.3 is 0 Å². The van der Waals surface area contributed by atoms with E-state index in [0.717, 1.165) is 44.1 Å². The number of aliphatic hydroxyl groups is 1. The number of hydrogen-bond acceptors (Lipinski definition) is 2. The summed E-state index contributed by atoms with van der Waals surface area (Å²) in [4.78, 5) is 4.58. The second-order valence-corrected chi connectivity index (χ2v) is 5.88. The SMILES string of the molecule is CCCC(O)(CCC)CN=C(NCC)NC1CC1C. The first-order valence-corrected chi connectivity index (χ1v) is 7.81. The van der Waals surface area contributed by atoms with E-state index in [1.54, 1.807) is 0 Å². The highest BCUT2D eigenvalue weighted by atomic mass is 16.3. The lowest BCUT2D eigenvalue weighted by atomic mass is 9.93.